The Balaban J connectivity index is 1.79. The Morgan fingerprint density at radius 3 is 2.34 bits per heavy atom. The molecule has 3 aromatic rings. The van der Waals surface area contributed by atoms with E-state index in [1.54, 1.807) is 18.2 Å². The maximum absolute atomic E-state index is 12.8. The van der Waals surface area contributed by atoms with Gasteiger partial charge in [-0.2, -0.15) is 17.6 Å². The van der Waals surface area contributed by atoms with E-state index in [1.807, 2.05) is 0 Å². The molecule has 12 heteroatoms. The summed E-state index contributed by atoms with van der Waals surface area (Å²) in [7, 11) is -3.73. The predicted octanol–water partition coefficient (Wildman–Crippen LogP) is 3.87. The van der Waals surface area contributed by atoms with Gasteiger partial charge in [-0.15, -0.1) is 0 Å². The van der Waals surface area contributed by atoms with E-state index in [0.717, 1.165) is 18.2 Å². The normalized spacial score (nSPS) is 11.7. The fourth-order valence-corrected chi connectivity index (χ4v) is 3.79. The van der Waals surface area contributed by atoms with Crippen molar-refractivity contribution in [1.82, 2.24) is 14.7 Å². The van der Waals surface area contributed by atoms with Crippen LogP contribution in [0.1, 0.15) is 5.82 Å². The van der Waals surface area contributed by atoms with Gasteiger partial charge in [0, 0.05) is 24.7 Å². The second kappa shape index (κ2) is 10.4. The van der Waals surface area contributed by atoms with E-state index >= 15 is 0 Å². The minimum Gasteiger partial charge on any atom is -0.435 e. The molecule has 0 atom stereocenters. The van der Waals surface area contributed by atoms with Crippen LogP contribution in [-0.2, 0) is 16.4 Å². The van der Waals surface area contributed by atoms with Gasteiger partial charge in [0.1, 0.15) is 17.3 Å². The van der Waals surface area contributed by atoms with Crippen LogP contribution in [0.2, 0.25) is 0 Å². The van der Waals surface area contributed by atoms with Crippen molar-refractivity contribution in [2.45, 2.75) is 24.5 Å². The molecule has 7 nitrogen and oxygen atoms in total. The Labute approximate surface area is 181 Å². The molecule has 0 spiro atoms. The Hall–Kier alpha value is -3.25. The first kappa shape index (κ1) is 23.4. The first-order chi connectivity index (χ1) is 15.2. The predicted molar refractivity (Wildman–Crippen MR) is 106 cm³/mol. The van der Waals surface area contributed by atoms with E-state index in [9.17, 15) is 26.0 Å². The lowest BCUT2D eigenvalue weighted by Gasteiger charge is -2.13. The topological polar surface area (TPSA) is 90.4 Å². The lowest BCUT2D eigenvalue weighted by Crippen LogP contribution is -2.26. The number of alkyl halides is 4. The van der Waals surface area contributed by atoms with Crippen molar-refractivity contribution in [2.75, 3.05) is 6.54 Å². The van der Waals surface area contributed by atoms with Crippen LogP contribution >= 0.6 is 0 Å². The smallest absolute Gasteiger partial charge is 0.387 e. The molecule has 0 saturated heterocycles. The van der Waals surface area contributed by atoms with Crippen molar-refractivity contribution >= 4 is 10.0 Å². The van der Waals surface area contributed by atoms with Crippen molar-refractivity contribution in [2.24, 2.45) is 0 Å². The summed E-state index contributed by atoms with van der Waals surface area (Å²) in [4.78, 5) is 8.34. The first-order valence-corrected chi connectivity index (χ1v) is 10.6. The number of sulfonamides is 1. The highest BCUT2D eigenvalue weighted by Gasteiger charge is 2.17. The maximum atomic E-state index is 12.8. The molecule has 170 valence electrons. The lowest BCUT2D eigenvalue weighted by atomic mass is 10.1. The van der Waals surface area contributed by atoms with Crippen molar-refractivity contribution in [3.8, 4) is 22.8 Å². The summed E-state index contributed by atoms with van der Waals surface area (Å²) in [5.74, 6) is -0.370. The van der Waals surface area contributed by atoms with Gasteiger partial charge >= 0.3 is 13.2 Å². The molecule has 1 N–H and O–H groups in total. The van der Waals surface area contributed by atoms with E-state index in [1.165, 1.54) is 24.4 Å². The van der Waals surface area contributed by atoms with Crippen LogP contribution in [0.15, 0.2) is 65.7 Å². The molecule has 0 amide bonds. The Morgan fingerprint density at radius 1 is 0.938 bits per heavy atom. The van der Waals surface area contributed by atoms with E-state index in [0.29, 0.717) is 0 Å². The summed E-state index contributed by atoms with van der Waals surface area (Å²) < 4.78 is 86.3. The van der Waals surface area contributed by atoms with Crippen LogP contribution in [0, 0.1) is 0 Å². The molecule has 0 saturated carbocycles. The van der Waals surface area contributed by atoms with Crippen molar-refractivity contribution in [3.05, 3.63) is 66.6 Å². The van der Waals surface area contributed by atoms with Gasteiger partial charge in [-0.05, 0) is 36.4 Å². The number of hydrogen-bond donors (Lipinski definition) is 1. The number of aromatic nitrogens is 2. The SMILES string of the molecule is O=S(=O)(NCCc1nccc(-c2cc(OC(F)F)ccc2OC(F)F)n1)c1ccccc1. The van der Waals surface area contributed by atoms with Crippen LogP contribution in [0.4, 0.5) is 17.6 Å². The van der Waals surface area contributed by atoms with Gasteiger partial charge < -0.3 is 9.47 Å². The van der Waals surface area contributed by atoms with Crippen molar-refractivity contribution in [1.29, 1.82) is 0 Å². The van der Waals surface area contributed by atoms with Gasteiger partial charge in [-0.25, -0.2) is 23.1 Å². The molecule has 0 aliphatic rings. The van der Waals surface area contributed by atoms with E-state index < -0.39 is 23.2 Å². The van der Waals surface area contributed by atoms with Gasteiger partial charge in [0.2, 0.25) is 10.0 Å². The molecule has 0 unspecified atom stereocenters. The number of halogens is 4. The summed E-state index contributed by atoms with van der Waals surface area (Å²) in [6.45, 7) is -6.29. The Bertz CT molecular complexity index is 1150. The van der Waals surface area contributed by atoms with Crippen molar-refractivity contribution < 1.29 is 35.5 Å². The molecule has 0 fully saturated rings. The van der Waals surface area contributed by atoms with E-state index in [2.05, 4.69) is 24.2 Å². The summed E-state index contributed by atoms with van der Waals surface area (Å²) in [5, 5.41) is 0. The quantitative estimate of drug-likeness (QED) is 0.452. The van der Waals surface area contributed by atoms with Gasteiger partial charge in [-0.3, -0.25) is 0 Å². The first-order valence-electron chi connectivity index (χ1n) is 9.15. The number of hydrogen-bond acceptors (Lipinski definition) is 6. The van der Waals surface area contributed by atoms with Gasteiger partial charge in [0.05, 0.1) is 10.6 Å². The summed E-state index contributed by atoms with van der Waals surface area (Å²) in [5.41, 5.74) is 0.0910. The summed E-state index contributed by atoms with van der Waals surface area (Å²) in [6.07, 6.45) is 1.41. The summed E-state index contributed by atoms with van der Waals surface area (Å²) >= 11 is 0. The average molecular weight is 471 g/mol. The number of benzene rings is 2. The van der Waals surface area contributed by atoms with Crippen molar-refractivity contribution in [3.63, 3.8) is 0 Å². The van der Waals surface area contributed by atoms with E-state index in [-0.39, 0.29) is 46.4 Å². The highest BCUT2D eigenvalue weighted by Crippen LogP contribution is 2.34. The molecule has 0 aliphatic heterocycles. The molecule has 1 heterocycles. The minimum absolute atomic E-state index is 0.0167. The van der Waals surface area contributed by atoms with E-state index in [4.69, 9.17) is 0 Å². The molecule has 2 aromatic carbocycles. The molecule has 0 radical (unpaired) electrons. The van der Waals surface area contributed by atoms with Gasteiger partial charge in [0.15, 0.2) is 0 Å². The largest absolute Gasteiger partial charge is 0.435 e. The highest BCUT2D eigenvalue weighted by molar-refractivity contribution is 7.89. The monoisotopic (exact) mass is 471 g/mol. The maximum Gasteiger partial charge on any atom is 0.387 e. The zero-order valence-electron chi connectivity index (χ0n) is 16.3. The zero-order valence-corrected chi connectivity index (χ0v) is 17.1. The second-order valence-electron chi connectivity index (χ2n) is 6.23. The lowest BCUT2D eigenvalue weighted by molar-refractivity contribution is -0.0526. The van der Waals surface area contributed by atoms with Crippen LogP contribution in [-0.4, -0.2) is 38.2 Å². The fraction of sp³-hybridized carbons (Fsp3) is 0.200. The number of nitrogens with one attached hydrogen (secondary N) is 1. The zero-order chi connectivity index (χ0) is 23.1. The molecule has 0 bridgehead atoms. The number of nitrogens with zero attached hydrogens (tertiary/aromatic N) is 2. The molecule has 32 heavy (non-hydrogen) atoms. The molecular weight excluding hydrogens is 454 g/mol. The van der Waals surface area contributed by atoms with Crippen LogP contribution in [0.3, 0.4) is 0 Å². The molecule has 1 aromatic heterocycles. The van der Waals surface area contributed by atoms with Crippen LogP contribution < -0.4 is 14.2 Å². The number of ether oxygens (including phenoxy) is 2. The van der Waals surface area contributed by atoms with Crippen LogP contribution in [0.5, 0.6) is 11.5 Å². The van der Waals surface area contributed by atoms with Crippen LogP contribution in [0.25, 0.3) is 11.3 Å². The second-order valence-corrected chi connectivity index (χ2v) is 8.00. The molecule has 0 aliphatic carbocycles. The Kier molecular flexibility index (Phi) is 7.59. The number of rotatable bonds is 10. The van der Waals surface area contributed by atoms with Gasteiger partial charge in [0.25, 0.3) is 0 Å². The third-order valence-corrected chi connectivity index (χ3v) is 5.54. The minimum atomic E-state index is -3.73. The highest BCUT2D eigenvalue weighted by atomic mass is 32.2. The summed E-state index contributed by atoms with van der Waals surface area (Å²) in [6, 6.07) is 12.3. The standard InChI is InChI=1S/C20H17F4N3O4S/c21-19(22)30-13-6-7-17(31-20(23)24)15(12-13)16-8-10-25-18(27-16)9-11-26-32(28,29)14-4-2-1-3-5-14/h1-8,10,12,19-20,26H,9,11H2. The Morgan fingerprint density at radius 2 is 1.66 bits per heavy atom. The molecular formula is C20H17F4N3O4S. The average Bonchev–Trinajstić information content (AvgIpc) is 2.75. The van der Waals surface area contributed by atoms with Gasteiger partial charge in [-0.1, -0.05) is 18.2 Å². The third kappa shape index (κ3) is 6.37. The fourth-order valence-electron chi connectivity index (χ4n) is 2.73. The third-order valence-electron chi connectivity index (χ3n) is 4.07. The molecule has 3 rings (SSSR count).